The van der Waals surface area contributed by atoms with Gasteiger partial charge in [0.15, 0.2) is 0 Å². The highest BCUT2D eigenvalue weighted by Gasteiger charge is 2.44. The van der Waals surface area contributed by atoms with E-state index in [1.807, 2.05) is 0 Å². The summed E-state index contributed by atoms with van der Waals surface area (Å²) in [7, 11) is 0. The maximum Gasteiger partial charge on any atom is 0.334 e. The molecule has 0 aromatic carbocycles. The molecular weight excluding hydrogens is 288 g/mol. The van der Waals surface area contributed by atoms with Crippen LogP contribution in [0.25, 0.3) is 0 Å². The van der Waals surface area contributed by atoms with E-state index in [4.69, 9.17) is 4.74 Å². The van der Waals surface area contributed by atoms with E-state index in [0.717, 1.165) is 38.5 Å². The lowest BCUT2D eigenvalue weighted by Crippen LogP contribution is -2.39. The van der Waals surface area contributed by atoms with E-state index in [-0.39, 0.29) is 29.5 Å². The molecule has 0 aromatic heterocycles. The first-order chi connectivity index (χ1) is 10.8. The summed E-state index contributed by atoms with van der Waals surface area (Å²) in [6.07, 6.45) is 7.14. The molecule has 0 unspecified atom stereocenters. The highest BCUT2D eigenvalue weighted by atomic mass is 16.5. The number of aliphatic hydroxyl groups excluding tert-OH is 1. The normalized spacial score (nSPS) is 40.9. The lowest BCUT2D eigenvalue weighted by atomic mass is 9.64. The Morgan fingerprint density at radius 1 is 1.26 bits per heavy atom. The average molecular weight is 316 g/mol. The zero-order chi connectivity index (χ0) is 16.8. The van der Waals surface area contributed by atoms with Gasteiger partial charge in [-0.05, 0) is 58.4 Å². The molecule has 23 heavy (non-hydrogen) atoms. The Morgan fingerprint density at radius 3 is 2.74 bits per heavy atom. The van der Waals surface area contributed by atoms with E-state index in [1.54, 1.807) is 0 Å². The van der Waals surface area contributed by atoms with Crippen molar-refractivity contribution >= 4 is 5.97 Å². The molecule has 3 aliphatic rings. The van der Waals surface area contributed by atoms with Crippen molar-refractivity contribution in [1.82, 2.24) is 0 Å². The van der Waals surface area contributed by atoms with Crippen molar-refractivity contribution in [3.63, 3.8) is 0 Å². The first-order valence-corrected chi connectivity index (χ1v) is 8.77. The zero-order valence-electron chi connectivity index (χ0n) is 14.5. The molecule has 3 rings (SSSR count). The molecule has 2 aliphatic carbocycles. The smallest absolute Gasteiger partial charge is 0.334 e. The zero-order valence-corrected chi connectivity index (χ0v) is 14.5. The van der Waals surface area contributed by atoms with E-state index in [9.17, 15) is 9.90 Å². The lowest BCUT2D eigenvalue weighted by molar-refractivity contribution is -0.137. The van der Waals surface area contributed by atoms with Crippen LogP contribution in [0.3, 0.4) is 0 Å². The van der Waals surface area contributed by atoms with Crippen molar-refractivity contribution in [2.75, 3.05) is 0 Å². The van der Waals surface area contributed by atoms with Gasteiger partial charge in [-0.1, -0.05) is 30.2 Å². The number of esters is 1. The van der Waals surface area contributed by atoms with Crippen LogP contribution in [0.15, 0.2) is 34.9 Å². The summed E-state index contributed by atoms with van der Waals surface area (Å²) in [6, 6.07) is 0. The second-order valence-electron chi connectivity index (χ2n) is 7.78. The van der Waals surface area contributed by atoms with Crippen LogP contribution in [0.5, 0.6) is 0 Å². The van der Waals surface area contributed by atoms with Crippen LogP contribution < -0.4 is 0 Å². The molecule has 4 atom stereocenters. The number of allylic oxidation sites excluding steroid dienone is 2. The molecule has 1 fully saturated rings. The number of aliphatic hydroxyl groups is 1. The van der Waals surface area contributed by atoms with E-state index in [0.29, 0.717) is 5.57 Å². The molecule has 0 saturated carbocycles. The number of hydrogen-bond acceptors (Lipinski definition) is 3. The molecule has 1 N–H and O–H groups in total. The summed E-state index contributed by atoms with van der Waals surface area (Å²) in [5.74, 6) is -0.215. The van der Waals surface area contributed by atoms with Crippen molar-refractivity contribution in [2.24, 2.45) is 11.3 Å². The number of fused-ring (bicyclic) bond motifs is 2. The molecule has 126 valence electrons. The summed E-state index contributed by atoms with van der Waals surface area (Å²) in [5, 5.41) is 10.7. The summed E-state index contributed by atoms with van der Waals surface area (Å²) in [5.41, 5.74) is 4.54. The number of hydrogen-bond donors (Lipinski definition) is 1. The Hall–Kier alpha value is -1.35. The average Bonchev–Trinajstić information content (AvgIpc) is 2.75. The van der Waals surface area contributed by atoms with Crippen molar-refractivity contribution in [3.8, 4) is 0 Å². The van der Waals surface area contributed by atoms with Crippen LogP contribution in [-0.4, -0.2) is 23.3 Å². The number of rotatable bonds is 0. The standard InChI is InChI=1S/C20H28O3/c1-12-5-7-16-13(2)6-8-18(21)20(16,4)10-9-15-14(3)19(22)23-17(15)11-12/h11,15,17-18,21H,3,5-10H2,1-2,4H3/b12-11+/t15-,17-,18-,20-/m0/s1. The molecule has 0 amide bonds. The van der Waals surface area contributed by atoms with Gasteiger partial charge >= 0.3 is 5.97 Å². The Kier molecular flexibility index (Phi) is 4.26. The Labute approximate surface area is 139 Å². The largest absolute Gasteiger partial charge is 0.454 e. The van der Waals surface area contributed by atoms with Gasteiger partial charge < -0.3 is 9.84 Å². The fourth-order valence-electron chi connectivity index (χ4n) is 4.59. The quantitative estimate of drug-likeness (QED) is 0.416. The summed E-state index contributed by atoms with van der Waals surface area (Å²) >= 11 is 0. The number of carbonyl (C=O) groups is 1. The molecule has 1 aliphatic heterocycles. The van der Waals surface area contributed by atoms with E-state index in [1.165, 1.54) is 16.7 Å². The molecule has 3 heteroatoms. The van der Waals surface area contributed by atoms with Gasteiger partial charge in [-0.2, -0.15) is 0 Å². The third-order valence-electron chi connectivity index (χ3n) is 6.28. The minimum atomic E-state index is -0.297. The Morgan fingerprint density at radius 2 is 2.00 bits per heavy atom. The van der Waals surface area contributed by atoms with Crippen LogP contribution in [0.2, 0.25) is 0 Å². The van der Waals surface area contributed by atoms with Gasteiger partial charge in [0.05, 0.1) is 6.10 Å². The molecule has 1 saturated heterocycles. The summed E-state index contributed by atoms with van der Waals surface area (Å²) in [6.45, 7) is 10.5. The summed E-state index contributed by atoms with van der Waals surface area (Å²) in [4.78, 5) is 11.9. The topological polar surface area (TPSA) is 46.5 Å². The molecule has 0 bridgehead atoms. The van der Waals surface area contributed by atoms with Crippen LogP contribution in [0, 0.1) is 11.3 Å². The molecule has 3 nitrogen and oxygen atoms in total. The van der Waals surface area contributed by atoms with Crippen LogP contribution in [0.4, 0.5) is 0 Å². The maximum absolute atomic E-state index is 11.9. The second-order valence-corrected chi connectivity index (χ2v) is 7.78. The minimum Gasteiger partial charge on any atom is -0.454 e. The monoisotopic (exact) mass is 316 g/mol. The Balaban J connectivity index is 1.98. The predicted octanol–water partition coefficient (Wildman–Crippen LogP) is 4.08. The van der Waals surface area contributed by atoms with Gasteiger partial charge in [0, 0.05) is 16.9 Å². The molecule has 0 aromatic rings. The Bertz CT molecular complexity index is 598. The molecule has 0 radical (unpaired) electrons. The number of ether oxygens (including phenoxy) is 1. The fourth-order valence-corrected chi connectivity index (χ4v) is 4.59. The van der Waals surface area contributed by atoms with Gasteiger partial charge in [-0.15, -0.1) is 0 Å². The molecule has 1 heterocycles. The number of carbonyl (C=O) groups excluding carboxylic acids is 1. The summed E-state index contributed by atoms with van der Waals surface area (Å²) < 4.78 is 5.51. The third-order valence-corrected chi connectivity index (χ3v) is 6.28. The van der Waals surface area contributed by atoms with Crippen LogP contribution in [-0.2, 0) is 9.53 Å². The van der Waals surface area contributed by atoms with E-state index < -0.39 is 0 Å². The van der Waals surface area contributed by atoms with Crippen molar-refractivity contribution in [2.45, 2.75) is 71.5 Å². The van der Waals surface area contributed by atoms with Crippen LogP contribution in [0.1, 0.15) is 59.3 Å². The second kappa shape index (κ2) is 5.94. The first kappa shape index (κ1) is 16.5. The van der Waals surface area contributed by atoms with E-state index >= 15 is 0 Å². The molecular formula is C20H28O3. The molecule has 0 spiro atoms. The minimum absolute atomic E-state index is 0.0445. The van der Waals surface area contributed by atoms with Crippen LogP contribution >= 0.6 is 0 Å². The lowest BCUT2D eigenvalue weighted by Gasteiger charge is -2.43. The highest BCUT2D eigenvalue weighted by Crippen LogP contribution is 2.49. The SMILES string of the molecule is C=C1C(=O)O[C@H]2/C=C(\C)CCC3=C(C)CC[C@H](O)[C@@]3(C)CC[C@@H]12. The van der Waals surface area contributed by atoms with Gasteiger partial charge in [0.1, 0.15) is 6.10 Å². The first-order valence-electron chi connectivity index (χ1n) is 8.77. The van der Waals surface area contributed by atoms with Crippen molar-refractivity contribution in [1.29, 1.82) is 0 Å². The third kappa shape index (κ3) is 2.80. The van der Waals surface area contributed by atoms with Crippen molar-refractivity contribution in [3.05, 3.63) is 34.9 Å². The predicted molar refractivity (Wildman–Crippen MR) is 90.8 cm³/mol. The van der Waals surface area contributed by atoms with E-state index in [2.05, 4.69) is 33.4 Å². The highest BCUT2D eigenvalue weighted by molar-refractivity contribution is 5.91. The van der Waals surface area contributed by atoms with Gasteiger partial charge in [0.25, 0.3) is 0 Å². The van der Waals surface area contributed by atoms with Gasteiger partial charge in [-0.25, -0.2) is 4.79 Å². The van der Waals surface area contributed by atoms with Crippen molar-refractivity contribution < 1.29 is 14.6 Å². The van der Waals surface area contributed by atoms with Gasteiger partial charge in [0.2, 0.25) is 0 Å². The van der Waals surface area contributed by atoms with Gasteiger partial charge in [-0.3, -0.25) is 0 Å². The fraction of sp³-hybridized carbons (Fsp3) is 0.650. The maximum atomic E-state index is 11.9.